The van der Waals surface area contributed by atoms with Gasteiger partial charge in [-0.1, -0.05) is 25.1 Å². The Bertz CT molecular complexity index is 673. The van der Waals surface area contributed by atoms with E-state index in [-0.39, 0.29) is 11.7 Å². The molecule has 0 aliphatic carbocycles. The maximum atomic E-state index is 13.2. The summed E-state index contributed by atoms with van der Waals surface area (Å²) in [7, 11) is 0. The van der Waals surface area contributed by atoms with Crippen molar-refractivity contribution in [2.75, 3.05) is 26.0 Å². The van der Waals surface area contributed by atoms with E-state index >= 15 is 0 Å². The van der Waals surface area contributed by atoms with Gasteiger partial charge in [0.25, 0.3) is 5.91 Å². The van der Waals surface area contributed by atoms with Gasteiger partial charge < -0.3 is 10.1 Å². The number of nitrogens with zero attached hydrogens (tertiary/aromatic N) is 2. The fourth-order valence-electron chi connectivity index (χ4n) is 2.29. The Labute approximate surface area is 152 Å². The lowest BCUT2D eigenvalue weighted by molar-refractivity contribution is 0.0933. The zero-order valence-corrected chi connectivity index (χ0v) is 15.4. The second-order valence-electron chi connectivity index (χ2n) is 5.52. The Hall–Kier alpha value is -1.86. The molecule has 0 atom stereocenters. The van der Waals surface area contributed by atoms with Gasteiger partial charge in [0.2, 0.25) is 0 Å². The highest BCUT2D eigenvalue weighted by Gasteiger charge is 2.17. The number of aromatic nitrogens is 2. The lowest BCUT2D eigenvalue weighted by Gasteiger charge is -2.11. The number of hydrogen-bond acceptors (Lipinski definition) is 4. The molecule has 1 heterocycles. The average molecular weight is 365 g/mol. The highest BCUT2D eigenvalue weighted by molar-refractivity contribution is 7.98. The third-order valence-corrected chi connectivity index (χ3v) is 4.28. The molecule has 0 saturated heterocycles. The minimum Gasteiger partial charge on any atom is -0.381 e. The largest absolute Gasteiger partial charge is 0.381 e. The first kappa shape index (κ1) is 19.5. The Morgan fingerprint density at radius 3 is 2.68 bits per heavy atom. The summed E-state index contributed by atoms with van der Waals surface area (Å²) < 4.78 is 20.4. The minimum atomic E-state index is -0.316. The van der Waals surface area contributed by atoms with Crippen LogP contribution in [0.25, 0.3) is 5.69 Å². The summed E-state index contributed by atoms with van der Waals surface area (Å²) in [5.74, 6) is -0.519. The van der Waals surface area contributed by atoms with Crippen molar-refractivity contribution in [2.24, 2.45) is 0 Å². The fourth-order valence-corrected chi connectivity index (χ4v) is 2.84. The van der Waals surface area contributed by atoms with Gasteiger partial charge in [0.15, 0.2) is 5.16 Å². The SMILES string of the molecule is CCCCOCCCNC(=O)c1cnc(SC)n1-c1ccc(F)cc1. The molecule has 25 heavy (non-hydrogen) atoms. The molecular weight excluding hydrogens is 341 g/mol. The van der Waals surface area contributed by atoms with Crippen molar-refractivity contribution in [1.82, 2.24) is 14.9 Å². The molecule has 1 amide bonds. The van der Waals surface area contributed by atoms with Crippen LogP contribution in [0.5, 0.6) is 0 Å². The molecular formula is C18H24FN3O2S. The van der Waals surface area contributed by atoms with Crippen LogP contribution in [0.15, 0.2) is 35.6 Å². The molecule has 0 saturated carbocycles. The Kier molecular flexibility index (Phi) is 7.94. The van der Waals surface area contributed by atoms with Gasteiger partial charge in [-0.15, -0.1) is 0 Å². The van der Waals surface area contributed by atoms with Crippen LogP contribution in [0.4, 0.5) is 4.39 Å². The molecule has 0 spiro atoms. The van der Waals surface area contributed by atoms with Gasteiger partial charge in [-0.05, 0) is 43.4 Å². The number of benzene rings is 1. The Morgan fingerprint density at radius 2 is 2.00 bits per heavy atom. The standard InChI is InChI=1S/C18H24FN3O2S/c1-3-4-11-24-12-5-10-20-17(23)16-13-21-18(25-2)22(16)15-8-6-14(19)7-9-15/h6-9,13H,3-5,10-12H2,1-2H3,(H,20,23). The number of rotatable bonds is 10. The molecule has 2 aromatic rings. The lowest BCUT2D eigenvalue weighted by atomic mass is 10.3. The number of ether oxygens (including phenoxy) is 1. The summed E-state index contributed by atoms with van der Waals surface area (Å²) in [5.41, 5.74) is 1.14. The third-order valence-electron chi connectivity index (χ3n) is 3.62. The fraction of sp³-hybridized carbons (Fsp3) is 0.444. The molecule has 0 bridgehead atoms. The van der Waals surface area contributed by atoms with Gasteiger partial charge in [0.05, 0.1) is 6.20 Å². The second-order valence-corrected chi connectivity index (χ2v) is 6.29. The molecule has 5 nitrogen and oxygen atoms in total. The maximum absolute atomic E-state index is 13.2. The molecule has 0 aliphatic heterocycles. The van der Waals surface area contributed by atoms with Crippen LogP contribution in [0, 0.1) is 5.82 Å². The van der Waals surface area contributed by atoms with Gasteiger partial charge in [-0.2, -0.15) is 0 Å². The Morgan fingerprint density at radius 1 is 1.28 bits per heavy atom. The number of carbonyl (C=O) groups excluding carboxylic acids is 1. The van der Waals surface area contributed by atoms with Gasteiger partial charge in [0, 0.05) is 25.4 Å². The van der Waals surface area contributed by atoms with Crippen molar-refractivity contribution in [2.45, 2.75) is 31.3 Å². The van der Waals surface area contributed by atoms with Gasteiger partial charge in [-0.25, -0.2) is 9.37 Å². The summed E-state index contributed by atoms with van der Waals surface area (Å²) >= 11 is 1.43. The first-order valence-electron chi connectivity index (χ1n) is 8.41. The van der Waals surface area contributed by atoms with Crippen molar-refractivity contribution in [3.8, 4) is 5.69 Å². The first-order valence-corrected chi connectivity index (χ1v) is 9.63. The maximum Gasteiger partial charge on any atom is 0.269 e. The summed E-state index contributed by atoms with van der Waals surface area (Å²) in [6, 6.07) is 6.01. The number of thioether (sulfide) groups is 1. The molecule has 7 heteroatoms. The molecule has 1 aromatic carbocycles. The zero-order chi connectivity index (χ0) is 18.1. The second kappa shape index (κ2) is 10.2. The summed E-state index contributed by atoms with van der Waals surface area (Å²) in [5, 5.41) is 3.57. The molecule has 0 radical (unpaired) electrons. The van der Waals surface area contributed by atoms with Crippen molar-refractivity contribution in [1.29, 1.82) is 0 Å². The van der Waals surface area contributed by atoms with Crippen LogP contribution in [0.2, 0.25) is 0 Å². The molecule has 0 aliphatic rings. The van der Waals surface area contributed by atoms with Gasteiger partial charge in [-0.3, -0.25) is 9.36 Å². The highest BCUT2D eigenvalue weighted by atomic mass is 32.2. The van der Waals surface area contributed by atoms with E-state index < -0.39 is 0 Å². The molecule has 1 N–H and O–H groups in total. The van der Waals surface area contributed by atoms with E-state index in [0.717, 1.165) is 25.9 Å². The van der Waals surface area contributed by atoms with Crippen LogP contribution in [0.1, 0.15) is 36.7 Å². The van der Waals surface area contributed by atoms with Crippen LogP contribution in [-0.4, -0.2) is 41.5 Å². The van der Waals surface area contributed by atoms with Crippen molar-refractivity contribution in [3.63, 3.8) is 0 Å². The van der Waals surface area contributed by atoms with Gasteiger partial charge in [0.1, 0.15) is 11.5 Å². The van der Waals surface area contributed by atoms with E-state index in [1.54, 1.807) is 22.9 Å². The number of halogens is 1. The molecule has 1 aromatic heterocycles. The van der Waals surface area contributed by atoms with E-state index in [4.69, 9.17) is 4.74 Å². The summed E-state index contributed by atoms with van der Waals surface area (Å²) in [4.78, 5) is 16.8. The Balaban J connectivity index is 1.98. The van der Waals surface area contributed by atoms with Gasteiger partial charge >= 0.3 is 0 Å². The lowest BCUT2D eigenvalue weighted by Crippen LogP contribution is -2.27. The van der Waals surface area contributed by atoms with Crippen LogP contribution < -0.4 is 5.32 Å². The predicted molar refractivity (Wildman–Crippen MR) is 98.0 cm³/mol. The van der Waals surface area contributed by atoms with Crippen molar-refractivity contribution in [3.05, 3.63) is 42.0 Å². The number of carbonyl (C=O) groups is 1. The van der Waals surface area contributed by atoms with Crippen LogP contribution in [-0.2, 0) is 4.74 Å². The van der Waals surface area contributed by atoms with E-state index in [1.165, 1.54) is 23.9 Å². The quantitative estimate of drug-likeness (QED) is 0.516. The van der Waals surface area contributed by atoms with E-state index in [2.05, 4.69) is 17.2 Å². The summed E-state index contributed by atoms with van der Waals surface area (Å²) in [6.07, 6.45) is 6.36. The van der Waals surface area contributed by atoms with Crippen molar-refractivity contribution >= 4 is 17.7 Å². The monoisotopic (exact) mass is 365 g/mol. The zero-order valence-electron chi connectivity index (χ0n) is 14.6. The summed E-state index contributed by atoms with van der Waals surface area (Å²) in [6.45, 7) is 4.05. The van der Waals surface area contributed by atoms with Crippen LogP contribution >= 0.6 is 11.8 Å². The van der Waals surface area contributed by atoms with Crippen LogP contribution in [0.3, 0.4) is 0 Å². The van der Waals surface area contributed by atoms with E-state index in [1.807, 2.05) is 6.26 Å². The number of amides is 1. The van der Waals surface area contributed by atoms with E-state index in [9.17, 15) is 9.18 Å². The smallest absolute Gasteiger partial charge is 0.269 e. The van der Waals surface area contributed by atoms with Crippen molar-refractivity contribution < 1.29 is 13.9 Å². The highest BCUT2D eigenvalue weighted by Crippen LogP contribution is 2.22. The number of nitrogens with one attached hydrogen (secondary N) is 1. The average Bonchev–Trinajstić information content (AvgIpc) is 3.05. The molecule has 0 unspecified atom stereocenters. The molecule has 136 valence electrons. The number of unbranched alkanes of at least 4 members (excludes halogenated alkanes) is 1. The number of hydrogen-bond donors (Lipinski definition) is 1. The third kappa shape index (κ3) is 5.57. The van der Waals surface area contributed by atoms with E-state index in [0.29, 0.717) is 29.7 Å². The molecule has 0 fully saturated rings. The minimum absolute atomic E-state index is 0.203. The number of imidazole rings is 1. The molecule has 2 rings (SSSR count). The first-order chi connectivity index (χ1) is 12.2. The topological polar surface area (TPSA) is 56.1 Å². The normalized spacial score (nSPS) is 10.8. The predicted octanol–water partition coefficient (Wildman–Crippen LogP) is 3.67.